The Balaban J connectivity index is 2.11. The minimum atomic E-state index is 0.717. The summed E-state index contributed by atoms with van der Waals surface area (Å²) in [5.74, 6) is 0. The van der Waals surface area contributed by atoms with E-state index in [1.807, 2.05) is 32.3 Å². The van der Waals surface area contributed by atoms with Crippen molar-refractivity contribution in [3.63, 3.8) is 0 Å². The van der Waals surface area contributed by atoms with Crippen LogP contribution < -0.4 is 10.2 Å². The first-order valence-electron chi connectivity index (χ1n) is 6.43. The fourth-order valence-electron chi connectivity index (χ4n) is 1.98. The third kappa shape index (κ3) is 3.68. The Morgan fingerprint density at radius 1 is 1.15 bits per heavy atom. The molecule has 106 valence electrons. The summed E-state index contributed by atoms with van der Waals surface area (Å²) in [6.45, 7) is 2.83. The SMILES string of the molecule is Cc1cc(N(C)C)ccc1NCc1ccc(Br)cc1Cl. The highest BCUT2D eigenvalue weighted by Gasteiger charge is 2.04. The topological polar surface area (TPSA) is 15.3 Å². The van der Waals surface area contributed by atoms with Crippen LogP contribution in [0, 0.1) is 6.92 Å². The highest BCUT2D eigenvalue weighted by atomic mass is 79.9. The van der Waals surface area contributed by atoms with E-state index in [1.165, 1.54) is 11.3 Å². The molecule has 0 bridgehead atoms. The summed E-state index contributed by atoms with van der Waals surface area (Å²) >= 11 is 9.64. The van der Waals surface area contributed by atoms with E-state index in [-0.39, 0.29) is 0 Å². The zero-order valence-electron chi connectivity index (χ0n) is 11.9. The molecule has 0 atom stereocenters. The van der Waals surface area contributed by atoms with Gasteiger partial charge in [0.15, 0.2) is 0 Å². The predicted molar refractivity (Wildman–Crippen MR) is 92.0 cm³/mol. The second-order valence-electron chi connectivity index (χ2n) is 4.98. The summed E-state index contributed by atoms with van der Waals surface area (Å²) in [4.78, 5) is 2.10. The molecule has 2 aromatic rings. The van der Waals surface area contributed by atoms with E-state index < -0.39 is 0 Å². The monoisotopic (exact) mass is 352 g/mol. The van der Waals surface area contributed by atoms with Crippen LogP contribution in [0.15, 0.2) is 40.9 Å². The van der Waals surface area contributed by atoms with Gasteiger partial charge in [-0.05, 0) is 48.4 Å². The first-order valence-corrected chi connectivity index (χ1v) is 7.60. The molecule has 0 amide bonds. The quantitative estimate of drug-likeness (QED) is 0.823. The number of halogens is 2. The van der Waals surface area contributed by atoms with E-state index in [4.69, 9.17) is 11.6 Å². The van der Waals surface area contributed by atoms with E-state index in [2.05, 4.69) is 51.3 Å². The molecule has 0 fully saturated rings. The fourth-order valence-corrected chi connectivity index (χ4v) is 2.72. The van der Waals surface area contributed by atoms with Crippen molar-refractivity contribution in [3.8, 4) is 0 Å². The molecule has 0 radical (unpaired) electrons. The van der Waals surface area contributed by atoms with Crippen molar-refractivity contribution in [2.24, 2.45) is 0 Å². The van der Waals surface area contributed by atoms with Crippen molar-refractivity contribution < 1.29 is 0 Å². The Labute approximate surface area is 133 Å². The Hall–Kier alpha value is -1.19. The standard InChI is InChI=1S/C16H18BrClN2/c1-11-8-14(20(2)3)6-7-16(11)19-10-12-4-5-13(17)9-15(12)18/h4-9,19H,10H2,1-3H3. The van der Waals surface area contributed by atoms with Gasteiger partial charge in [0.05, 0.1) is 0 Å². The van der Waals surface area contributed by atoms with Crippen LogP contribution in [0.25, 0.3) is 0 Å². The molecule has 0 heterocycles. The largest absolute Gasteiger partial charge is 0.381 e. The van der Waals surface area contributed by atoms with Crippen LogP contribution >= 0.6 is 27.5 Å². The first-order chi connectivity index (χ1) is 9.47. The number of rotatable bonds is 4. The van der Waals surface area contributed by atoms with Gasteiger partial charge in [0.2, 0.25) is 0 Å². The Bertz CT molecular complexity index is 611. The van der Waals surface area contributed by atoms with Crippen molar-refractivity contribution in [1.29, 1.82) is 0 Å². The molecule has 0 saturated carbocycles. The van der Waals surface area contributed by atoms with Crippen molar-refractivity contribution in [2.45, 2.75) is 13.5 Å². The van der Waals surface area contributed by atoms with Gasteiger partial charge < -0.3 is 10.2 Å². The normalized spacial score (nSPS) is 10.4. The van der Waals surface area contributed by atoms with E-state index in [0.29, 0.717) is 6.54 Å². The molecule has 2 nitrogen and oxygen atoms in total. The Kier molecular flexibility index (Phi) is 4.95. The average molecular weight is 354 g/mol. The third-order valence-electron chi connectivity index (χ3n) is 3.21. The maximum Gasteiger partial charge on any atom is 0.0467 e. The summed E-state index contributed by atoms with van der Waals surface area (Å²) < 4.78 is 0.998. The molecule has 20 heavy (non-hydrogen) atoms. The van der Waals surface area contributed by atoms with Crippen LogP contribution in [0.2, 0.25) is 5.02 Å². The predicted octanol–water partition coefficient (Wildman–Crippen LogP) is 5.09. The summed E-state index contributed by atoms with van der Waals surface area (Å²) in [7, 11) is 4.09. The molecular weight excluding hydrogens is 336 g/mol. The lowest BCUT2D eigenvalue weighted by Gasteiger charge is -2.16. The first kappa shape index (κ1) is 15.2. The summed E-state index contributed by atoms with van der Waals surface area (Å²) in [5, 5.41) is 4.21. The van der Waals surface area contributed by atoms with Crippen molar-refractivity contribution in [1.82, 2.24) is 0 Å². The molecular formula is C16H18BrClN2. The molecule has 0 aliphatic carbocycles. The van der Waals surface area contributed by atoms with Gasteiger partial charge in [-0.15, -0.1) is 0 Å². The molecule has 0 aliphatic rings. The molecule has 1 N–H and O–H groups in total. The van der Waals surface area contributed by atoms with Crippen LogP contribution in [-0.4, -0.2) is 14.1 Å². The average Bonchev–Trinajstić information content (AvgIpc) is 2.38. The van der Waals surface area contributed by atoms with Gasteiger partial charge in [0.1, 0.15) is 0 Å². The van der Waals surface area contributed by atoms with Gasteiger partial charge in [-0.25, -0.2) is 0 Å². The van der Waals surface area contributed by atoms with Crippen molar-refractivity contribution in [3.05, 3.63) is 57.0 Å². The fraction of sp³-hybridized carbons (Fsp3) is 0.250. The summed E-state index contributed by atoms with van der Waals surface area (Å²) in [6.07, 6.45) is 0. The van der Waals surface area contributed by atoms with E-state index in [9.17, 15) is 0 Å². The van der Waals surface area contributed by atoms with Crippen molar-refractivity contribution in [2.75, 3.05) is 24.3 Å². The summed E-state index contributed by atoms with van der Waals surface area (Å²) in [6, 6.07) is 12.3. The third-order valence-corrected chi connectivity index (χ3v) is 4.06. The van der Waals surface area contributed by atoms with Crippen molar-refractivity contribution >= 4 is 38.9 Å². The van der Waals surface area contributed by atoms with E-state index in [0.717, 1.165) is 20.7 Å². The van der Waals surface area contributed by atoms with Gasteiger partial charge in [-0.3, -0.25) is 0 Å². The number of benzene rings is 2. The number of nitrogens with one attached hydrogen (secondary N) is 1. The number of anilines is 2. The minimum absolute atomic E-state index is 0.717. The lowest BCUT2D eigenvalue weighted by Crippen LogP contribution is -2.09. The lowest BCUT2D eigenvalue weighted by atomic mass is 10.1. The molecule has 0 spiro atoms. The highest BCUT2D eigenvalue weighted by Crippen LogP contribution is 2.25. The number of nitrogens with zero attached hydrogens (tertiary/aromatic N) is 1. The number of aryl methyl sites for hydroxylation is 1. The van der Waals surface area contributed by atoms with E-state index >= 15 is 0 Å². The van der Waals surface area contributed by atoms with Crippen LogP contribution in [-0.2, 0) is 6.54 Å². The molecule has 0 saturated heterocycles. The van der Waals surface area contributed by atoms with Gasteiger partial charge in [-0.1, -0.05) is 33.6 Å². The van der Waals surface area contributed by atoms with Crippen LogP contribution in [0.1, 0.15) is 11.1 Å². The number of hydrogen-bond acceptors (Lipinski definition) is 2. The second kappa shape index (κ2) is 6.51. The zero-order chi connectivity index (χ0) is 14.7. The zero-order valence-corrected chi connectivity index (χ0v) is 14.2. The van der Waals surface area contributed by atoms with Crippen LogP contribution in [0.3, 0.4) is 0 Å². The molecule has 2 rings (SSSR count). The Morgan fingerprint density at radius 2 is 1.90 bits per heavy atom. The lowest BCUT2D eigenvalue weighted by molar-refractivity contribution is 1.11. The maximum atomic E-state index is 6.23. The molecule has 0 aromatic heterocycles. The van der Waals surface area contributed by atoms with Crippen LogP contribution in [0.4, 0.5) is 11.4 Å². The van der Waals surface area contributed by atoms with Crippen LogP contribution in [0.5, 0.6) is 0 Å². The Morgan fingerprint density at radius 3 is 2.50 bits per heavy atom. The smallest absolute Gasteiger partial charge is 0.0467 e. The maximum absolute atomic E-state index is 6.23. The molecule has 4 heteroatoms. The highest BCUT2D eigenvalue weighted by molar-refractivity contribution is 9.10. The number of hydrogen-bond donors (Lipinski definition) is 1. The molecule has 0 aliphatic heterocycles. The summed E-state index contributed by atoms with van der Waals surface area (Å²) in [5.41, 5.74) is 4.65. The van der Waals surface area contributed by atoms with Gasteiger partial charge >= 0.3 is 0 Å². The minimum Gasteiger partial charge on any atom is -0.381 e. The van der Waals surface area contributed by atoms with Gasteiger partial charge in [0, 0.05) is 41.5 Å². The second-order valence-corrected chi connectivity index (χ2v) is 6.31. The molecule has 2 aromatic carbocycles. The van der Waals surface area contributed by atoms with Gasteiger partial charge in [-0.2, -0.15) is 0 Å². The molecule has 0 unspecified atom stereocenters. The van der Waals surface area contributed by atoms with E-state index in [1.54, 1.807) is 0 Å². The van der Waals surface area contributed by atoms with Gasteiger partial charge in [0.25, 0.3) is 0 Å².